The van der Waals surface area contributed by atoms with Crippen LogP contribution in [0.15, 0.2) is 53.6 Å². The maximum absolute atomic E-state index is 12.1. The number of benzene rings is 2. The summed E-state index contributed by atoms with van der Waals surface area (Å²) in [4.78, 5) is 16.7. The van der Waals surface area contributed by atoms with Crippen molar-refractivity contribution in [2.75, 3.05) is 37.6 Å². The Kier molecular flexibility index (Phi) is 6.49. The van der Waals surface area contributed by atoms with Gasteiger partial charge in [0.2, 0.25) is 5.91 Å². The third-order valence-electron chi connectivity index (χ3n) is 4.87. The fourth-order valence-electron chi connectivity index (χ4n) is 3.20. The molecule has 148 valence electrons. The number of amides is 1. The first-order chi connectivity index (χ1) is 13.5. The molecule has 1 heterocycles. The monoisotopic (exact) mass is 382 g/mol. The van der Waals surface area contributed by atoms with E-state index in [1.54, 1.807) is 6.92 Å². The van der Waals surface area contributed by atoms with E-state index in [4.69, 9.17) is 0 Å². The van der Waals surface area contributed by atoms with Gasteiger partial charge in [-0.05, 0) is 37.3 Å². The molecule has 28 heavy (non-hydrogen) atoms. The summed E-state index contributed by atoms with van der Waals surface area (Å²) < 4.78 is 0. The van der Waals surface area contributed by atoms with Crippen molar-refractivity contribution in [2.24, 2.45) is 5.10 Å². The van der Waals surface area contributed by atoms with E-state index in [9.17, 15) is 15.0 Å². The minimum absolute atomic E-state index is 0.00425. The smallest absolute Gasteiger partial charge is 0.241 e. The maximum atomic E-state index is 12.1. The molecule has 0 atom stereocenters. The van der Waals surface area contributed by atoms with Crippen LogP contribution in [0.3, 0.4) is 0 Å². The minimum Gasteiger partial charge on any atom is -0.508 e. The lowest BCUT2D eigenvalue weighted by molar-refractivity contribution is -0.121. The number of phenols is 2. The third-order valence-corrected chi connectivity index (χ3v) is 4.87. The molecule has 1 aliphatic rings. The van der Waals surface area contributed by atoms with Gasteiger partial charge in [0.25, 0.3) is 0 Å². The van der Waals surface area contributed by atoms with Gasteiger partial charge in [0.15, 0.2) is 0 Å². The molecule has 0 saturated carbocycles. The van der Waals surface area contributed by atoms with Gasteiger partial charge in [-0.1, -0.05) is 18.2 Å². The highest BCUT2D eigenvalue weighted by Gasteiger charge is 2.17. The Morgan fingerprint density at radius 2 is 1.79 bits per heavy atom. The molecule has 1 aliphatic heterocycles. The van der Waals surface area contributed by atoms with E-state index in [0.29, 0.717) is 24.2 Å². The molecule has 0 radical (unpaired) electrons. The third kappa shape index (κ3) is 5.23. The van der Waals surface area contributed by atoms with Gasteiger partial charge >= 0.3 is 0 Å². The summed E-state index contributed by atoms with van der Waals surface area (Å²) in [6.07, 6.45) is 0.355. The van der Waals surface area contributed by atoms with Crippen molar-refractivity contribution in [3.63, 3.8) is 0 Å². The Morgan fingerprint density at radius 1 is 1.07 bits per heavy atom. The molecular weight excluding hydrogens is 356 g/mol. The summed E-state index contributed by atoms with van der Waals surface area (Å²) in [5.41, 5.74) is 4.57. The van der Waals surface area contributed by atoms with Crippen LogP contribution in [-0.2, 0) is 4.79 Å². The number of aromatic hydroxyl groups is 2. The second-order valence-electron chi connectivity index (χ2n) is 6.85. The van der Waals surface area contributed by atoms with Crippen LogP contribution in [0.4, 0.5) is 5.69 Å². The summed E-state index contributed by atoms with van der Waals surface area (Å²) in [5.74, 6) is -0.141. The zero-order valence-electron chi connectivity index (χ0n) is 16.0. The molecule has 1 amide bonds. The minimum atomic E-state index is -0.176. The lowest BCUT2D eigenvalue weighted by Crippen LogP contribution is -2.47. The van der Waals surface area contributed by atoms with Gasteiger partial charge in [0.1, 0.15) is 11.5 Å². The number of nitrogens with one attached hydrogen (secondary N) is 1. The Morgan fingerprint density at radius 3 is 2.50 bits per heavy atom. The molecule has 0 unspecified atom stereocenters. The SMILES string of the molecule is C/C(=N/NC(=O)CCN1CCN(c2ccccc2)CC1)c1cc(O)ccc1O. The van der Waals surface area contributed by atoms with Gasteiger partial charge in [-0.25, -0.2) is 5.43 Å². The number of hydrogen-bond acceptors (Lipinski definition) is 6. The molecule has 0 aromatic heterocycles. The Labute approximate surface area is 164 Å². The van der Waals surface area contributed by atoms with Gasteiger partial charge in [-0.15, -0.1) is 0 Å². The van der Waals surface area contributed by atoms with Crippen LogP contribution in [0.1, 0.15) is 18.9 Å². The molecule has 7 nitrogen and oxygen atoms in total. The number of hydrazone groups is 1. The first-order valence-corrected chi connectivity index (χ1v) is 9.41. The predicted molar refractivity (Wildman–Crippen MR) is 110 cm³/mol. The summed E-state index contributed by atoms with van der Waals surface area (Å²) in [7, 11) is 0. The van der Waals surface area contributed by atoms with Crippen molar-refractivity contribution in [1.82, 2.24) is 10.3 Å². The van der Waals surface area contributed by atoms with E-state index in [-0.39, 0.29) is 17.4 Å². The number of anilines is 1. The highest BCUT2D eigenvalue weighted by Crippen LogP contribution is 2.22. The second kappa shape index (κ2) is 9.23. The molecule has 0 aliphatic carbocycles. The maximum Gasteiger partial charge on any atom is 0.241 e. The number of carbonyl (C=O) groups excluding carboxylic acids is 1. The van der Waals surface area contributed by atoms with E-state index in [0.717, 1.165) is 26.2 Å². The molecule has 2 aromatic rings. The zero-order chi connectivity index (χ0) is 19.9. The zero-order valence-corrected chi connectivity index (χ0v) is 16.0. The summed E-state index contributed by atoms with van der Waals surface area (Å²) in [6.45, 7) is 6.07. The Bertz CT molecular complexity index is 831. The Balaban J connectivity index is 1.43. The molecule has 2 aromatic carbocycles. The van der Waals surface area contributed by atoms with E-state index >= 15 is 0 Å². The molecule has 7 heteroatoms. The number of hydrogen-bond donors (Lipinski definition) is 3. The van der Waals surface area contributed by atoms with Crippen LogP contribution in [0.2, 0.25) is 0 Å². The van der Waals surface area contributed by atoms with Crippen LogP contribution < -0.4 is 10.3 Å². The topological polar surface area (TPSA) is 88.4 Å². The van der Waals surface area contributed by atoms with Gasteiger partial charge in [-0.2, -0.15) is 5.10 Å². The first-order valence-electron chi connectivity index (χ1n) is 9.41. The average Bonchev–Trinajstić information content (AvgIpc) is 2.73. The van der Waals surface area contributed by atoms with Gasteiger partial charge in [0, 0.05) is 50.4 Å². The van der Waals surface area contributed by atoms with Crippen LogP contribution in [-0.4, -0.2) is 59.5 Å². The summed E-state index contributed by atoms with van der Waals surface area (Å²) in [5, 5.41) is 23.4. The number of nitrogens with zero attached hydrogens (tertiary/aromatic N) is 3. The normalized spacial score (nSPS) is 15.5. The largest absolute Gasteiger partial charge is 0.508 e. The molecule has 3 rings (SSSR count). The van der Waals surface area contributed by atoms with Crippen LogP contribution in [0, 0.1) is 0 Å². The second-order valence-corrected chi connectivity index (χ2v) is 6.85. The molecule has 1 fully saturated rings. The summed E-state index contributed by atoms with van der Waals surface area (Å²) in [6, 6.07) is 14.5. The van der Waals surface area contributed by atoms with E-state index in [2.05, 4.69) is 32.5 Å². The van der Waals surface area contributed by atoms with Crippen molar-refractivity contribution in [3.05, 3.63) is 54.1 Å². The van der Waals surface area contributed by atoms with Crippen molar-refractivity contribution in [3.8, 4) is 11.5 Å². The number of carbonyl (C=O) groups is 1. The lowest BCUT2D eigenvalue weighted by Gasteiger charge is -2.36. The van der Waals surface area contributed by atoms with Crippen LogP contribution in [0.5, 0.6) is 11.5 Å². The number of rotatable bonds is 6. The van der Waals surface area contributed by atoms with E-state index < -0.39 is 0 Å². The van der Waals surface area contributed by atoms with Crippen LogP contribution in [0.25, 0.3) is 0 Å². The standard InChI is InChI=1S/C21H26N4O3/c1-16(19-15-18(26)7-8-20(19)27)22-23-21(28)9-10-24-11-13-25(14-12-24)17-5-3-2-4-6-17/h2-8,15,26-27H,9-14H2,1H3,(H,23,28)/b22-16-. The van der Waals surface area contributed by atoms with Crippen molar-refractivity contribution in [1.29, 1.82) is 0 Å². The molecule has 3 N–H and O–H groups in total. The number of para-hydroxylation sites is 1. The summed E-state index contributed by atoms with van der Waals surface area (Å²) >= 11 is 0. The number of phenolic OH excluding ortho intramolecular Hbond substituents is 2. The van der Waals surface area contributed by atoms with Crippen molar-refractivity contribution >= 4 is 17.3 Å². The van der Waals surface area contributed by atoms with E-state index in [1.165, 1.54) is 23.9 Å². The molecule has 1 saturated heterocycles. The van der Waals surface area contributed by atoms with E-state index in [1.807, 2.05) is 18.2 Å². The average molecular weight is 382 g/mol. The Hall–Kier alpha value is -3.06. The highest BCUT2D eigenvalue weighted by molar-refractivity contribution is 6.01. The molecule has 0 spiro atoms. The van der Waals surface area contributed by atoms with Gasteiger partial charge in [-0.3, -0.25) is 9.69 Å². The lowest BCUT2D eigenvalue weighted by atomic mass is 10.1. The highest BCUT2D eigenvalue weighted by atomic mass is 16.3. The predicted octanol–water partition coefficient (Wildman–Crippen LogP) is 2.15. The fourth-order valence-corrected chi connectivity index (χ4v) is 3.20. The van der Waals surface area contributed by atoms with Gasteiger partial charge < -0.3 is 15.1 Å². The van der Waals surface area contributed by atoms with Crippen molar-refractivity contribution in [2.45, 2.75) is 13.3 Å². The van der Waals surface area contributed by atoms with Crippen molar-refractivity contribution < 1.29 is 15.0 Å². The van der Waals surface area contributed by atoms with Crippen LogP contribution >= 0.6 is 0 Å². The number of piperazine rings is 1. The first kappa shape index (κ1) is 19.7. The fraction of sp³-hybridized carbons (Fsp3) is 0.333. The molecular formula is C21H26N4O3. The molecule has 0 bridgehead atoms. The quantitative estimate of drug-likeness (QED) is 0.405. The van der Waals surface area contributed by atoms with Gasteiger partial charge in [0.05, 0.1) is 5.71 Å².